The molecule has 0 radical (unpaired) electrons. The lowest BCUT2D eigenvalue weighted by atomic mass is 10.2. The summed E-state index contributed by atoms with van der Waals surface area (Å²) < 4.78 is 7.82. The van der Waals surface area contributed by atoms with Crippen molar-refractivity contribution < 1.29 is 9.21 Å². The Morgan fingerprint density at radius 2 is 2.19 bits per heavy atom. The highest BCUT2D eigenvalue weighted by atomic mass is 79.9. The zero-order valence-electron chi connectivity index (χ0n) is 11.4. The Labute approximate surface area is 130 Å². The molecule has 1 aliphatic carbocycles. The zero-order valence-corrected chi connectivity index (χ0v) is 13.0. The lowest BCUT2D eigenvalue weighted by Gasteiger charge is -2.14. The van der Waals surface area contributed by atoms with Crippen molar-refractivity contribution in [1.29, 1.82) is 0 Å². The molecule has 2 fully saturated rings. The van der Waals surface area contributed by atoms with Crippen molar-refractivity contribution in [2.75, 3.05) is 13.1 Å². The topological polar surface area (TPSA) is 64.2 Å². The molecule has 1 amide bonds. The van der Waals surface area contributed by atoms with Crippen molar-refractivity contribution in [2.24, 2.45) is 0 Å². The molecular formula is C14H15BrN4O2. The highest BCUT2D eigenvalue weighted by Gasteiger charge is 2.32. The molecule has 0 bridgehead atoms. The van der Waals surface area contributed by atoms with Gasteiger partial charge in [0, 0.05) is 25.2 Å². The second-order valence-corrected chi connectivity index (χ2v) is 6.48. The van der Waals surface area contributed by atoms with E-state index in [0.29, 0.717) is 22.9 Å². The smallest absolute Gasteiger partial charge is 0.289 e. The van der Waals surface area contributed by atoms with Crippen LogP contribution in [0.4, 0.5) is 0 Å². The van der Waals surface area contributed by atoms with Crippen molar-refractivity contribution in [3.05, 3.63) is 34.5 Å². The number of rotatable bonds is 3. The molecule has 0 N–H and O–H groups in total. The van der Waals surface area contributed by atoms with Crippen LogP contribution in [0.2, 0.25) is 0 Å². The normalized spacial score (nSPS) is 22.0. The molecule has 4 rings (SSSR count). The van der Waals surface area contributed by atoms with Crippen molar-refractivity contribution >= 4 is 21.8 Å². The molecule has 1 atom stereocenters. The van der Waals surface area contributed by atoms with Gasteiger partial charge in [0.25, 0.3) is 5.91 Å². The van der Waals surface area contributed by atoms with Crippen molar-refractivity contribution in [3.8, 4) is 0 Å². The summed E-state index contributed by atoms with van der Waals surface area (Å²) in [7, 11) is 0. The van der Waals surface area contributed by atoms with Gasteiger partial charge in [-0.15, -0.1) is 5.10 Å². The minimum absolute atomic E-state index is 0.0641. The third-order valence-electron chi connectivity index (χ3n) is 4.13. The summed E-state index contributed by atoms with van der Waals surface area (Å²) >= 11 is 3.22. The Balaban J connectivity index is 1.45. The van der Waals surface area contributed by atoms with Crippen LogP contribution in [0.25, 0.3) is 0 Å². The van der Waals surface area contributed by atoms with Crippen LogP contribution in [0.15, 0.2) is 27.4 Å². The van der Waals surface area contributed by atoms with Crippen molar-refractivity contribution in [3.63, 3.8) is 0 Å². The van der Waals surface area contributed by atoms with E-state index in [2.05, 4.69) is 26.2 Å². The Bertz CT molecular complexity index is 676. The highest BCUT2D eigenvalue weighted by molar-refractivity contribution is 9.10. The van der Waals surface area contributed by atoms with Crippen LogP contribution in [-0.2, 0) is 0 Å². The maximum Gasteiger partial charge on any atom is 0.289 e. The summed E-state index contributed by atoms with van der Waals surface area (Å²) in [6, 6.07) is 3.65. The van der Waals surface area contributed by atoms with Gasteiger partial charge in [0.1, 0.15) is 0 Å². The molecule has 0 aromatic carbocycles. The number of carbonyl (C=O) groups excluding carboxylic acids is 1. The number of furan rings is 1. The molecule has 7 heteroatoms. The Hall–Kier alpha value is -1.63. The second-order valence-electron chi connectivity index (χ2n) is 5.70. The molecule has 3 heterocycles. The number of aromatic nitrogens is 3. The molecule has 2 aromatic rings. The summed E-state index contributed by atoms with van der Waals surface area (Å²) in [6.07, 6.45) is 5.39. The first kappa shape index (κ1) is 13.1. The van der Waals surface area contributed by atoms with E-state index in [4.69, 9.17) is 4.42 Å². The number of amides is 1. The van der Waals surface area contributed by atoms with Gasteiger partial charge in [0.2, 0.25) is 0 Å². The molecule has 21 heavy (non-hydrogen) atoms. The molecule has 2 aromatic heterocycles. The van der Waals surface area contributed by atoms with Crippen LogP contribution < -0.4 is 0 Å². The maximum atomic E-state index is 12.3. The Kier molecular flexibility index (Phi) is 3.10. The van der Waals surface area contributed by atoms with Crippen LogP contribution in [0.1, 0.15) is 47.5 Å². The maximum absolute atomic E-state index is 12.3. The van der Waals surface area contributed by atoms with E-state index in [-0.39, 0.29) is 11.9 Å². The van der Waals surface area contributed by atoms with Gasteiger partial charge in [-0.05, 0) is 47.3 Å². The minimum atomic E-state index is -0.0641. The van der Waals surface area contributed by atoms with Gasteiger partial charge in [-0.25, -0.2) is 4.68 Å². The van der Waals surface area contributed by atoms with E-state index in [1.807, 2.05) is 15.8 Å². The van der Waals surface area contributed by atoms with E-state index >= 15 is 0 Å². The lowest BCUT2D eigenvalue weighted by molar-refractivity contribution is 0.0754. The fourth-order valence-corrected chi connectivity index (χ4v) is 3.07. The third-order valence-corrected chi connectivity index (χ3v) is 4.56. The Morgan fingerprint density at radius 1 is 1.33 bits per heavy atom. The quantitative estimate of drug-likeness (QED) is 0.853. The van der Waals surface area contributed by atoms with Gasteiger partial charge in [-0.2, -0.15) is 0 Å². The molecule has 0 spiro atoms. The molecule has 110 valence electrons. The molecule has 1 aliphatic heterocycles. The molecule has 0 unspecified atom stereocenters. The van der Waals surface area contributed by atoms with E-state index in [0.717, 1.165) is 18.7 Å². The molecular weight excluding hydrogens is 336 g/mol. The van der Waals surface area contributed by atoms with Crippen LogP contribution in [0, 0.1) is 0 Å². The van der Waals surface area contributed by atoms with Gasteiger partial charge >= 0.3 is 0 Å². The lowest BCUT2D eigenvalue weighted by Crippen LogP contribution is -2.28. The molecule has 6 nitrogen and oxygen atoms in total. The fourth-order valence-electron chi connectivity index (χ4n) is 2.76. The number of hydrogen-bond acceptors (Lipinski definition) is 4. The molecule has 1 saturated heterocycles. The molecule has 2 aliphatic rings. The largest absolute Gasteiger partial charge is 0.444 e. The van der Waals surface area contributed by atoms with Gasteiger partial charge in [-0.3, -0.25) is 4.79 Å². The first-order valence-corrected chi connectivity index (χ1v) is 7.96. The van der Waals surface area contributed by atoms with Crippen LogP contribution >= 0.6 is 15.9 Å². The Morgan fingerprint density at radius 3 is 2.90 bits per heavy atom. The van der Waals surface area contributed by atoms with Crippen molar-refractivity contribution in [1.82, 2.24) is 19.9 Å². The monoisotopic (exact) mass is 350 g/mol. The number of hydrogen-bond donors (Lipinski definition) is 0. The summed E-state index contributed by atoms with van der Waals surface area (Å²) in [5, 5.41) is 8.47. The average Bonchev–Trinajstić information content (AvgIpc) is 2.94. The standard InChI is InChI=1S/C14H15BrN4O2/c15-13-4-3-12(21-13)14(20)18-6-5-10(7-18)19-8-11(16-17-19)9-1-2-9/h3-4,8-10H,1-2,5-7H2/t10-/m1/s1. The number of nitrogens with zero attached hydrogens (tertiary/aromatic N) is 4. The van der Waals surface area contributed by atoms with Gasteiger partial charge < -0.3 is 9.32 Å². The summed E-state index contributed by atoms with van der Waals surface area (Å²) in [5.74, 6) is 0.920. The predicted molar refractivity (Wildman–Crippen MR) is 78.0 cm³/mol. The van der Waals surface area contributed by atoms with E-state index in [1.165, 1.54) is 12.8 Å². The van der Waals surface area contributed by atoms with Crippen molar-refractivity contribution in [2.45, 2.75) is 31.2 Å². The average molecular weight is 351 g/mol. The van der Waals surface area contributed by atoms with E-state index in [9.17, 15) is 4.79 Å². The number of halogens is 1. The third kappa shape index (κ3) is 2.50. The zero-order chi connectivity index (χ0) is 14.4. The predicted octanol–water partition coefficient (Wildman–Crippen LogP) is 2.60. The van der Waals surface area contributed by atoms with E-state index < -0.39 is 0 Å². The van der Waals surface area contributed by atoms with E-state index in [1.54, 1.807) is 12.1 Å². The summed E-state index contributed by atoms with van der Waals surface area (Å²) in [4.78, 5) is 14.1. The summed E-state index contributed by atoms with van der Waals surface area (Å²) in [5.41, 5.74) is 1.09. The van der Waals surface area contributed by atoms with Gasteiger partial charge in [0.05, 0.1) is 11.7 Å². The summed E-state index contributed by atoms with van der Waals surface area (Å²) in [6.45, 7) is 1.38. The number of likely N-dealkylation sites (tertiary alicyclic amines) is 1. The van der Waals surface area contributed by atoms with Gasteiger partial charge in [-0.1, -0.05) is 5.21 Å². The van der Waals surface area contributed by atoms with Crippen LogP contribution in [-0.4, -0.2) is 38.9 Å². The van der Waals surface area contributed by atoms with Crippen LogP contribution in [0.3, 0.4) is 0 Å². The number of carbonyl (C=O) groups is 1. The van der Waals surface area contributed by atoms with Gasteiger partial charge in [0.15, 0.2) is 10.4 Å². The SMILES string of the molecule is O=C(c1ccc(Br)o1)N1CC[C@@H](n2cc(C3CC3)nn2)C1. The fraction of sp³-hybridized carbons (Fsp3) is 0.500. The molecule has 1 saturated carbocycles. The first-order chi connectivity index (χ1) is 10.2. The minimum Gasteiger partial charge on any atom is -0.444 e. The first-order valence-electron chi connectivity index (χ1n) is 7.17. The van der Waals surface area contributed by atoms with Crippen LogP contribution in [0.5, 0.6) is 0 Å². The second kappa shape index (κ2) is 4.98. The highest BCUT2D eigenvalue weighted by Crippen LogP contribution is 2.39.